The zero-order valence-corrected chi connectivity index (χ0v) is 12.2. The Morgan fingerprint density at radius 1 is 1.22 bits per heavy atom. The van der Waals surface area contributed by atoms with Crippen molar-refractivity contribution >= 4 is 17.4 Å². The first-order chi connectivity index (χ1) is 8.69. The third-order valence-electron chi connectivity index (χ3n) is 2.56. The fourth-order valence-electron chi connectivity index (χ4n) is 1.49. The summed E-state index contributed by atoms with van der Waals surface area (Å²) in [5.41, 5.74) is 0.906. The number of ether oxygens (including phenoxy) is 1. The summed E-state index contributed by atoms with van der Waals surface area (Å²) in [6, 6.07) is 0. The van der Waals surface area contributed by atoms with Crippen LogP contribution >= 0.6 is 11.6 Å². The van der Waals surface area contributed by atoms with Crippen LogP contribution in [-0.4, -0.2) is 29.7 Å². The van der Waals surface area contributed by atoms with E-state index in [1.807, 2.05) is 13.8 Å². The number of aromatic nitrogens is 2. The fourth-order valence-corrected chi connectivity index (χ4v) is 1.68. The van der Waals surface area contributed by atoms with Crippen LogP contribution in [0, 0.1) is 6.92 Å². The van der Waals surface area contributed by atoms with E-state index in [1.165, 1.54) is 0 Å². The van der Waals surface area contributed by atoms with Crippen LogP contribution in [0.15, 0.2) is 0 Å². The van der Waals surface area contributed by atoms with Gasteiger partial charge in [-0.15, -0.1) is 0 Å². The van der Waals surface area contributed by atoms with Gasteiger partial charge in [0.05, 0.1) is 0 Å². The van der Waals surface area contributed by atoms with Crippen molar-refractivity contribution in [3.05, 3.63) is 16.5 Å². The van der Waals surface area contributed by atoms with Crippen LogP contribution in [0.3, 0.4) is 0 Å². The summed E-state index contributed by atoms with van der Waals surface area (Å²) in [7, 11) is 0. The highest BCUT2D eigenvalue weighted by molar-refractivity contribution is 6.30. The lowest BCUT2D eigenvalue weighted by Crippen LogP contribution is -2.10. The topological polar surface area (TPSA) is 47.0 Å². The molecule has 18 heavy (non-hydrogen) atoms. The van der Waals surface area contributed by atoms with Crippen molar-refractivity contribution in [2.24, 2.45) is 0 Å². The molecular weight excluding hydrogens is 250 g/mol. The van der Waals surface area contributed by atoms with Crippen LogP contribution in [0.2, 0.25) is 5.15 Å². The number of hydrogen-bond acceptors (Lipinski definition) is 4. The van der Waals surface area contributed by atoms with E-state index in [9.17, 15) is 0 Å². The van der Waals surface area contributed by atoms with E-state index >= 15 is 0 Å². The Labute approximate surface area is 114 Å². The summed E-state index contributed by atoms with van der Waals surface area (Å²) in [6.07, 6.45) is 2.81. The highest BCUT2D eigenvalue weighted by Gasteiger charge is 2.07. The molecule has 1 heterocycles. The van der Waals surface area contributed by atoms with Gasteiger partial charge in [0.1, 0.15) is 16.8 Å². The molecule has 0 unspecified atom stereocenters. The van der Waals surface area contributed by atoms with Crippen LogP contribution in [0.25, 0.3) is 0 Å². The molecule has 0 fully saturated rings. The second-order valence-electron chi connectivity index (χ2n) is 4.15. The number of halogens is 1. The van der Waals surface area contributed by atoms with Crippen LogP contribution in [-0.2, 0) is 11.2 Å². The maximum absolute atomic E-state index is 6.06. The quantitative estimate of drug-likeness (QED) is 0.582. The molecule has 1 rings (SSSR count). The fraction of sp³-hybridized carbons (Fsp3) is 0.692. The Morgan fingerprint density at radius 3 is 2.67 bits per heavy atom. The van der Waals surface area contributed by atoms with Gasteiger partial charge in [0.15, 0.2) is 0 Å². The molecule has 0 saturated carbocycles. The number of aryl methyl sites for hydroxylation is 1. The maximum Gasteiger partial charge on any atom is 0.137 e. The molecule has 0 spiro atoms. The van der Waals surface area contributed by atoms with Gasteiger partial charge < -0.3 is 10.1 Å². The van der Waals surface area contributed by atoms with Crippen molar-refractivity contribution in [3.8, 4) is 0 Å². The second-order valence-corrected chi connectivity index (χ2v) is 4.51. The minimum absolute atomic E-state index is 0.534. The Balaban J connectivity index is 2.44. The summed E-state index contributed by atoms with van der Waals surface area (Å²) >= 11 is 6.06. The second kappa shape index (κ2) is 8.27. The molecule has 0 bridgehead atoms. The van der Waals surface area contributed by atoms with Crippen molar-refractivity contribution in [1.29, 1.82) is 0 Å². The van der Waals surface area contributed by atoms with Gasteiger partial charge in [-0.25, -0.2) is 9.97 Å². The van der Waals surface area contributed by atoms with Gasteiger partial charge in [-0.3, -0.25) is 0 Å². The summed E-state index contributed by atoms with van der Waals surface area (Å²) in [5.74, 6) is 1.61. The molecular formula is C13H22ClN3O. The smallest absolute Gasteiger partial charge is 0.137 e. The van der Waals surface area contributed by atoms with Gasteiger partial charge in [-0.2, -0.15) is 0 Å². The number of hydrogen-bond donors (Lipinski definition) is 1. The van der Waals surface area contributed by atoms with Crippen molar-refractivity contribution < 1.29 is 4.74 Å². The van der Waals surface area contributed by atoms with Gasteiger partial charge >= 0.3 is 0 Å². The highest BCUT2D eigenvalue weighted by Crippen LogP contribution is 2.19. The maximum atomic E-state index is 6.06. The van der Waals surface area contributed by atoms with E-state index in [0.29, 0.717) is 5.15 Å². The molecule has 4 nitrogen and oxygen atoms in total. The minimum Gasteiger partial charge on any atom is -0.381 e. The normalized spacial score (nSPS) is 10.7. The predicted molar refractivity (Wildman–Crippen MR) is 75.4 cm³/mol. The summed E-state index contributed by atoms with van der Waals surface area (Å²) in [4.78, 5) is 8.65. The van der Waals surface area contributed by atoms with E-state index in [2.05, 4.69) is 22.2 Å². The van der Waals surface area contributed by atoms with E-state index in [4.69, 9.17) is 16.3 Å². The summed E-state index contributed by atoms with van der Waals surface area (Å²) < 4.78 is 5.42. The van der Waals surface area contributed by atoms with Crippen LogP contribution in [0.4, 0.5) is 5.82 Å². The third-order valence-corrected chi connectivity index (χ3v) is 2.92. The Morgan fingerprint density at radius 2 is 2.00 bits per heavy atom. The molecule has 1 aromatic heterocycles. The number of nitrogens with one attached hydrogen (secondary N) is 1. The first-order valence-corrected chi connectivity index (χ1v) is 6.91. The van der Waals surface area contributed by atoms with Crippen molar-refractivity contribution in [1.82, 2.24) is 9.97 Å². The first kappa shape index (κ1) is 15.2. The largest absolute Gasteiger partial charge is 0.381 e. The SMILES string of the molecule is CCCOCCCNc1nc(CC)nc(Cl)c1C. The minimum atomic E-state index is 0.534. The van der Waals surface area contributed by atoms with E-state index in [1.54, 1.807) is 0 Å². The molecule has 5 heteroatoms. The Kier molecular flexibility index (Phi) is 6.98. The van der Waals surface area contributed by atoms with Crippen molar-refractivity contribution in [3.63, 3.8) is 0 Å². The lowest BCUT2D eigenvalue weighted by molar-refractivity contribution is 0.134. The average molecular weight is 272 g/mol. The monoisotopic (exact) mass is 271 g/mol. The van der Waals surface area contributed by atoms with Gasteiger partial charge in [-0.05, 0) is 19.8 Å². The lowest BCUT2D eigenvalue weighted by Gasteiger charge is -2.11. The highest BCUT2D eigenvalue weighted by atomic mass is 35.5. The third kappa shape index (κ3) is 4.78. The van der Waals surface area contributed by atoms with Crippen LogP contribution in [0.5, 0.6) is 0 Å². The summed E-state index contributed by atoms with van der Waals surface area (Å²) in [6.45, 7) is 8.50. The average Bonchev–Trinajstić information content (AvgIpc) is 2.38. The van der Waals surface area contributed by atoms with Crippen LogP contribution < -0.4 is 5.32 Å². The molecule has 0 aliphatic heterocycles. The standard InChI is InChI=1S/C13H22ClN3O/c1-4-8-18-9-6-7-15-13-10(3)12(14)16-11(5-2)17-13/h4-9H2,1-3H3,(H,15,16,17). The molecule has 0 radical (unpaired) electrons. The molecule has 1 aromatic rings. The first-order valence-electron chi connectivity index (χ1n) is 6.53. The van der Waals surface area contributed by atoms with E-state index in [-0.39, 0.29) is 0 Å². The lowest BCUT2D eigenvalue weighted by atomic mass is 10.3. The molecule has 0 amide bonds. The molecule has 0 saturated heterocycles. The van der Waals surface area contributed by atoms with Crippen molar-refractivity contribution in [2.45, 2.75) is 40.0 Å². The molecule has 0 aliphatic carbocycles. The van der Waals surface area contributed by atoms with E-state index in [0.717, 1.165) is 56.2 Å². The number of rotatable bonds is 8. The summed E-state index contributed by atoms with van der Waals surface area (Å²) in [5, 5.41) is 3.82. The zero-order chi connectivity index (χ0) is 13.4. The van der Waals surface area contributed by atoms with Crippen molar-refractivity contribution in [2.75, 3.05) is 25.1 Å². The molecule has 0 atom stereocenters. The van der Waals surface area contributed by atoms with Crippen LogP contribution in [0.1, 0.15) is 38.1 Å². The molecule has 0 aliphatic rings. The predicted octanol–water partition coefficient (Wildman–Crippen LogP) is 3.23. The Hall–Kier alpha value is -0.870. The number of anilines is 1. The van der Waals surface area contributed by atoms with Gasteiger partial charge in [0.25, 0.3) is 0 Å². The molecule has 102 valence electrons. The van der Waals surface area contributed by atoms with Gasteiger partial charge in [0, 0.05) is 31.7 Å². The molecule has 0 aromatic carbocycles. The van der Waals surface area contributed by atoms with Gasteiger partial charge in [0.2, 0.25) is 0 Å². The van der Waals surface area contributed by atoms with Gasteiger partial charge in [-0.1, -0.05) is 25.4 Å². The van der Waals surface area contributed by atoms with E-state index < -0.39 is 0 Å². The number of nitrogens with zero attached hydrogens (tertiary/aromatic N) is 2. The molecule has 1 N–H and O–H groups in total. The Bertz CT molecular complexity index is 371. The zero-order valence-electron chi connectivity index (χ0n) is 11.4.